The number of aliphatic hydroxyl groups excluding tert-OH is 1. The van der Waals surface area contributed by atoms with Gasteiger partial charge in [-0.1, -0.05) is 6.07 Å². The molecule has 12 heteroatoms. The Balaban J connectivity index is 1.47. The number of ether oxygens (including phenoxy) is 1. The first-order valence-corrected chi connectivity index (χ1v) is 11.3. The van der Waals surface area contributed by atoms with E-state index in [9.17, 15) is 23.1 Å². The summed E-state index contributed by atoms with van der Waals surface area (Å²) in [4.78, 5) is 26.8. The third-order valence-electron chi connectivity index (χ3n) is 5.16. The summed E-state index contributed by atoms with van der Waals surface area (Å²) in [5.41, 5.74) is 7.64. The lowest BCUT2D eigenvalue weighted by Gasteiger charge is -2.34. The van der Waals surface area contributed by atoms with Gasteiger partial charge in [0.2, 0.25) is 10.0 Å². The van der Waals surface area contributed by atoms with Gasteiger partial charge in [0.25, 0.3) is 11.8 Å². The molecular weight excluding hydrogens is 438 g/mol. The van der Waals surface area contributed by atoms with Crippen molar-refractivity contribution in [2.75, 3.05) is 28.1 Å². The molecule has 32 heavy (non-hydrogen) atoms. The lowest BCUT2D eigenvalue weighted by atomic mass is 10.1. The average molecular weight is 459 g/mol. The van der Waals surface area contributed by atoms with Gasteiger partial charge in [-0.3, -0.25) is 19.7 Å². The van der Waals surface area contributed by atoms with Crippen LogP contribution in [0.5, 0.6) is 0 Å². The fourth-order valence-electron chi connectivity index (χ4n) is 3.54. The molecule has 1 saturated heterocycles. The van der Waals surface area contributed by atoms with E-state index in [1.54, 1.807) is 18.2 Å². The van der Waals surface area contributed by atoms with E-state index in [2.05, 4.69) is 10.0 Å². The predicted octanol–water partition coefficient (Wildman–Crippen LogP) is -0.0426. The number of amides is 2. The van der Waals surface area contributed by atoms with Crippen molar-refractivity contribution in [3.63, 3.8) is 0 Å². The molecule has 1 fully saturated rings. The molecule has 2 atom stereocenters. The van der Waals surface area contributed by atoms with Crippen LogP contribution in [-0.2, 0) is 30.1 Å². The van der Waals surface area contributed by atoms with Crippen LogP contribution in [0.15, 0.2) is 42.5 Å². The number of nitrogens with zero attached hydrogens (tertiary/aromatic N) is 1. The fraction of sp³-hybridized carbons (Fsp3) is 0.250. The molecule has 168 valence electrons. The summed E-state index contributed by atoms with van der Waals surface area (Å²) in [5.74, 6) is -1.70. The molecule has 0 aromatic heterocycles. The van der Waals surface area contributed by atoms with E-state index in [-0.39, 0.29) is 24.7 Å². The highest BCUT2D eigenvalue weighted by Crippen LogP contribution is 2.32. The minimum Gasteiger partial charge on any atom is -0.384 e. The number of nitrogens with two attached hydrogens (primary N) is 1. The molecule has 2 amide bonds. The molecule has 6 N–H and O–H groups in total. The number of benzene rings is 2. The number of amidine groups is 1. The zero-order chi connectivity index (χ0) is 23.0. The van der Waals surface area contributed by atoms with Crippen LogP contribution in [0.3, 0.4) is 0 Å². The van der Waals surface area contributed by atoms with Crippen molar-refractivity contribution < 1.29 is 27.9 Å². The van der Waals surface area contributed by atoms with E-state index in [0.29, 0.717) is 28.2 Å². The van der Waals surface area contributed by atoms with Crippen LogP contribution in [0, 0.1) is 5.41 Å². The molecule has 0 spiro atoms. The monoisotopic (exact) mass is 459 g/mol. The number of carbonyl (C=O) groups is 2. The standard InChI is InChI=1S/C20H21N5O6S/c21-18(22)11-1-4-13(5-2-11)23-19(27)16(26)17-20(28)25(7-8-31-17)14-6-3-12-10-32(29,30)24-15(12)9-14/h1-6,9,16-17,24,26H,7-8,10H2,(H3,21,22)(H,23,27)/t16-,17?/m1/s1. The smallest absolute Gasteiger partial charge is 0.259 e. The number of fused-ring (bicyclic) bond motifs is 1. The number of morpholine rings is 1. The molecule has 0 radical (unpaired) electrons. The molecule has 0 saturated carbocycles. The fourth-order valence-corrected chi connectivity index (χ4v) is 4.80. The van der Waals surface area contributed by atoms with Gasteiger partial charge in [-0.15, -0.1) is 0 Å². The normalized spacial score (nSPS) is 20.2. The van der Waals surface area contributed by atoms with Crippen LogP contribution < -0.4 is 20.7 Å². The highest BCUT2D eigenvalue weighted by atomic mass is 32.2. The van der Waals surface area contributed by atoms with Crippen molar-refractivity contribution in [2.24, 2.45) is 5.73 Å². The van der Waals surface area contributed by atoms with Crippen molar-refractivity contribution in [3.8, 4) is 0 Å². The number of carbonyl (C=O) groups excluding carboxylic acids is 2. The number of aliphatic hydroxyl groups is 1. The van der Waals surface area contributed by atoms with Gasteiger partial charge in [-0.25, -0.2) is 8.42 Å². The van der Waals surface area contributed by atoms with E-state index < -0.39 is 34.0 Å². The Morgan fingerprint density at radius 2 is 2.00 bits per heavy atom. The largest absolute Gasteiger partial charge is 0.384 e. The second-order valence-corrected chi connectivity index (χ2v) is 9.13. The molecule has 1 unspecified atom stereocenters. The van der Waals surface area contributed by atoms with E-state index in [1.807, 2.05) is 0 Å². The lowest BCUT2D eigenvalue weighted by molar-refractivity contribution is -0.150. The van der Waals surface area contributed by atoms with Gasteiger partial charge in [0.05, 0.1) is 18.0 Å². The van der Waals surface area contributed by atoms with Crippen molar-refractivity contribution in [1.82, 2.24) is 0 Å². The number of rotatable bonds is 5. The number of hydrogen-bond acceptors (Lipinski definition) is 7. The quantitative estimate of drug-likeness (QED) is 0.308. The van der Waals surface area contributed by atoms with E-state index in [0.717, 1.165) is 0 Å². The maximum absolute atomic E-state index is 13.0. The number of hydrogen-bond donors (Lipinski definition) is 5. The summed E-state index contributed by atoms with van der Waals surface area (Å²) in [6, 6.07) is 10.9. The van der Waals surface area contributed by atoms with Gasteiger partial charge in [0.1, 0.15) is 5.84 Å². The summed E-state index contributed by atoms with van der Waals surface area (Å²) in [6.07, 6.45) is -3.20. The van der Waals surface area contributed by atoms with Crippen LogP contribution in [0.2, 0.25) is 0 Å². The van der Waals surface area contributed by atoms with Gasteiger partial charge in [0.15, 0.2) is 12.2 Å². The zero-order valence-electron chi connectivity index (χ0n) is 16.7. The summed E-state index contributed by atoms with van der Waals surface area (Å²) in [7, 11) is -3.43. The number of sulfonamides is 1. The highest BCUT2D eigenvalue weighted by molar-refractivity contribution is 7.92. The zero-order valence-corrected chi connectivity index (χ0v) is 17.6. The molecule has 0 bridgehead atoms. The summed E-state index contributed by atoms with van der Waals surface area (Å²) in [5, 5.41) is 20.4. The first-order chi connectivity index (χ1) is 15.1. The van der Waals surface area contributed by atoms with Crippen LogP contribution in [0.25, 0.3) is 0 Å². The molecule has 2 aliphatic rings. The van der Waals surface area contributed by atoms with Gasteiger partial charge in [0, 0.05) is 23.5 Å². The highest BCUT2D eigenvalue weighted by Gasteiger charge is 2.39. The van der Waals surface area contributed by atoms with Gasteiger partial charge in [-0.2, -0.15) is 0 Å². The maximum atomic E-state index is 13.0. The van der Waals surface area contributed by atoms with E-state index in [1.165, 1.54) is 29.2 Å². The third-order valence-corrected chi connectivity index (χ3v) is 6.38. The van der Waals surface area contributed by atoms with E-state index in [4.69, 9.17) is 15.9 Å². The Morgan fingerprint density at radius 1 is 1.28 bits per heavy atom. The third kappa shape index (κ3) is 4.28. The molecule has 2 aliphatic heterocycles. The first kappa shape index (κ1) is 21.7. The number of nitrogens with one attached hydrogen (secondary N) is 3. The second kappa shape index (κ2) is 8.22. The minimum absolute atomic E-state index is 0.0802. The number of anilines is 3. The molecular formula is C20H21N5O6S. The lowest BCUT2D eigenvalue weighted by Crippen LogP contribution is -2.55. The maximum Gasteiger partial charge on any atom is 0.259 e. The molecule has 2 aromatic rings. The number of nitrogen functional groups attached to an aromatic ring is 1. The Morgan fingerprint density at radius 3 is 2.69 bits per heavy atom. The summed E-state index contributed by atoms with van der Waals surface area (Å²) < 4.78 is 31.3. The Labute approximate surface area is 183 Å². The van der Waals surface area contributed by atoms with Crippen molar-refractivity contribution in [1.29, 1.82) is 5.41 Å². The van der Waals surface area contributed by atoms with Gasteiger partial charge in [-0.05, 0) is 42.0 Å². The van der Waals surface area contributed by atoms with Gasteiger partial charge < -0.3 is 25.8 Å². The topological polar surface area (TPSA) is 175 Å². The van der Waals surface area contributed by atoms with Crippen molar-refractivity contribution in [3.05, 3.63) is 53.6 Å². The van der Waals surface area contributed by atoms with Crippen LogP contribution in [0.4, 0.5) is 17.1 Å². The van der Waals surface area contributed by atoms with Crippen molar-refractivity contribution >= 4 is 44.7 Å². The minimum atomic E-state index is -3.43. The summed E-state index contributed by atoms with van der Waals surface area (Å²) >= 11 is 0. The van der Waals surface area contributed by atoms with Crippen LogP contribution in [0.1, 0.15) is 11.1 Å². The first-order valence-electron chi connectivity index (χ1n) is 9.64. The van der Waals surface area contributed by atoms with Crippen LogP contribution in [-0.4, -0.2) is 56.5 Å². The Kier molecular flexibility index (Phi) is 5.59. The van der Waals surface area contributed by atoms with E-state index >= 15 is 0 Å². The molecule has 2 heterocycles. The Hall–Kier alpha value is -3.48. The SMILES string of the molecule is N=C(N)c1ccc(NC(=O)[C@H](O)C2OCCN(c3ccc4c(c3)NS(=O)(=O)C4)C2=O)cc1. The molecule has 2 aromatic carbocycles. The van der Waals surface area contributed by atoms with Crippen molar-refractivity contribution in [2.45, 2.75) is 18.0 Å². The van der Waals surface area contributed by atoms with Crippen LogP contribution >= 0.6 is 0 Å². The average Bonchev–Trinajstić information content (AvgIpc) is 3.06. The summed E-state index contributed by atoms with van der Waals surface area (Å²) in [6.45, 7) is 0.262. The second-order valence-electron chi connectivity index (χ2n) is 7.41. The molecule has 11 nitrogen and oxygen atoms in total. The molecule has 4 rings (SSSR count). The Bertz CT molecular complexity index is 1200. The van der Waals surface area contributed by atoms with Gasteiger partial charge >= 0.3 is 0 Å². The predicted molar refractivity (Wildman–Crippen MR) is 117 cm³/mol. The molecule has 0 aliphatic carbocycles.